The van der Waals surface area contributed by atoms with Gasteiger partial charge in [-0.25, -0.2) is 0 Å². The van der Waals surface area contributed by atoms with Crippen LogP contribution in [0.1, 0.15) is 44.0 Å². The molecule has 2 N–H and O–H groups in total. The van der Waals surface area contributed by atoms with Gasteiger partial charge in [-0.2, -0.15) is 0 Å². The number of nitrogens with zero attached hydrogens (tertiary/aromatic N) is 2. The number of aliphatic hydroxyl groups is 1. The van der Waals surface area contributed by atoms with Gasteiger partial charge in [0.05, 0.1) is 17.4 Å². The molecule has 158 valence electrons. The minimum atomic E-state index is -0.767. The van der Waals surface area contributed by atoms with Crippen LogP contribution >= 0.6 is 11.6 Å². The molecule has 2 heterocycles. The number of carbonyl (C=O) groups excluding carboxylic acids is 3. The number of rotatable bonds is 3. The first kappa shape index (κ1) is 21.6. The maximum Gasteiger partial charge on any atom is 0.256 e. The van der Waals surface area contributed by atoms with E-state index in [-0.39, 0.29) is 24.8 Å². The molecule has 3 amide bonds. The molecule has 2 saturated heterocycles. The van der Waals surface area contributed by atoms with Crippen molar-refractivity contribution in [3.05, 3.63) is 28.8 Å². The zero-order valence-electron chi connectivity index (χ0n) is 17.0. The summed E-state index contributed by atoms with van der Waals surface area (Å²) in [6.07, 6.45) is 0.509. The molecule has 0 bridgehead atoms. The second kappa shape index (κ2) is 8.71. The van der Waals surface area contributed by atoms with Gasteiger partial charge in [0.15, 0.2) is 0 Å². The number of amides is 3. The smallest absolute Gasteiger partial charge is 0.256 e. The average molecular weight is 422 g/mol. The largest absolute Gasteiger partial charge is 0.391 e. The molecular formula is C21H28ClN3O4. The highest BCUT2D eigenvalue weighted by molar-refractivity contribution is 6.31. The van der Waals surface area contributed by atoms with E-state index in [4.69, 9.17) is 11.6 Å². The van der Waals surface area contributed by atoms with E-state index in [1.807, 2.05) is 0 Å². The number of β-amino-alcohol motifs (C(OH)–C–C–N with tert-alkyl or cyclic N) is 1. The fourth-order valence-corrected chi connectivity index (χ4v) is 4.60. The molecule has 1 aromatic carbocycles. The van der Waals surface area contributed by atoms with Crippen LogP contribution in [0.2, 0.25) is 5.02 Å². The van der Waals surface area contributed by atoms with Crippen LogP contribution in [-0.2, 0) is 9.59 Å². The quantitative estimate of drug-likeness (QED) is 0.784. The normalized spacial score (nSPS) is 27.1. The lowest BCUT2D eigenvalue weighted by molar-refractivity contribution is -0.134. The van der Waals surface area contributed by atoms with Crippen LogP contribution in [0.3, 0.4) is 0 Å². The highest BCUT2D eigenvalue weighted by atomic mass is 35.5. The van der Waals surface area contributed by atoms with Crippen molar-refractivity contribution in [3.63, 3.8) is 0 Å². The molecule has 2 aliphatic heterocycles. The standard InChI is InChI=1S/C21H28ClN3O4/c1-12-6-13(2)10-24(9-12)21(29)17-7-15(22)4-5-18(17)23-20(28)19-8-16(27)11-25(19)14(3)26/h4-5,7,12-13,16,19,27H,6,8-11H2,1-3H3,(H,23,28)/t12-,13+,16-,19+/m1/s1. The Kier molecular flexibility index (Phi) is 6.49. The van der Waals surface area contributed by atoms with Gasteiger partial charge in [-0.3, -0.25) is 14.4 Å². The van der Waals surface area contributed by atoms with Crippen LogP contribution in [0.5, 0.6) is 0 Å². The Hall–Kier alpha value is -2.12. The summed E-state index contributed by atoms with van der Waals surface area (Å²) < 4.78 is 0. The average Bonchev–Trinajstić information content (AvgIpc) is 3.04. The van der Waals surface area contributed by atoms with Crippen LogP contribution in [0, 0.1) is 11.8 Å². The molecule has 0 spiro atoms. The predicted molar refractivity (Wildman–Crippen MR) is 111 cm³/mol. The zero-order valence-corrected chi connectivity index (χ0v) is 17.8. The summed E-state index contributed by atoms with van der Waals surface area (Å²) in [4.78, 5) is 41.0. The SMILES string of the molecule is CC(=O)N1C[C@H](O)C[C@H]1C(=O)Nc1ccc(Cl)cc1C(=O)N1C[C@H](C)C[C@H](C)C1. The fraction of sp³-hybridized carbons (Fsp3) is 0.571. The van der Waals surface area contributed by atoms with Gasteiger partial charge in [-0.15, -0.1) is 0 Å². The van der Waals surface area contributed by atoms with E-state index in [1.54, 1.807) is 23.1 Å². The summed E-state index contributed by atoms with van der Waals surface area (Å²) in [5, 5.41) is 13.1. The van der Waals surface area contributed by atoms with Gasteiger partial charge in [0.2, 0.25) is 11.8 Å². The monoisotopic (exact) mass is 421 g/mol. The molecule has 1 aromatic rings. The number of hydrogen-bond donors (Lipinski definition) is 2. The number of halogens is 1. The molecule has 2 fully saturated rings. The highest BCUT2D eigenvalue weighted by Gasteiger charge is 2.38. The van der Waals surface area contributed by atoms with E-state index >= 15 is 0 Å². The van der Waals surface area contributed by atoms with E-state index in [9.17, 15) is 19.5 Å². The third-order valence-electron chi connectivity index (χ3n) is 5.61. The van der Waals surface area contributed by atoms with Crippen LogP contribution in [0.15, 0.2) is 18.2 Å². The molecule has 0 aliphatic carbocycles. The van der Waals surface area contributed by atoms with Crippen LogP contribution < -0.4 is 5.32 Å². The van der Waals surface area contributed by atoms with Gasteiger partial charge in [-0.05, 0) is 36.5 Å². The Balaban J connectivity index is 1.82. The predicted octanol–water partition coefficient (Wildman–Crippen LogP) is 2.38. The minimum Gasteiger partial charge on any atom is -0.391 e. The molecular weight excluding hydrogens is 394 g/mol. The van der Waals surface area contributed by atoms with Crippen molar-refractivity contribution in [2.24, 2.45) is 11.8 Å². The van der Waals surface area contributed by atoms with Crippen molar-refractivity contribution in [1.82, 2.24) is 9.80 Å². The van der Waals surface area contributed by atoms with Gasteiger partial charge in [0.1, 0.15) is 6.04 Å². The lowest BCUT2D eigenvalue weighted by Gasteiger charge is -2.35. The molecule has 7 nitrogen and oxygen atoms in total. The van der Waals surface area contributed by atoms with Crippen molar-refractivity contribution in [2.75, 3.05) is 25.0 Å². The molecule has 0 radical (unpaired) electrons. The Bertz CT molecular complexity index is 805. The molecule has 0 aromatic heterocycles. The number of benzene rings is 1. The highest BCUT2D eigenvalue weighted by Crippen LogP contribution is 2.28. The molecule has 0 saturated carbocycles. The molecule has 3 rings (SSSR count). The minimum absolute atomic E-state index is 0.128. The summed E-state index contributed by atoms with van der Waals surface area (Å²) in [5.74, 6) is -0.0527. The van der Waals surface area contributed by atoms with Crippen molar-refractivity contribution in [2.45, 2.75) is 45.8 Å². The van der Waals surface area contributed by atoms with Crippen LogP contribution in [0.25, 0.3) is 0 Å². The first-order valence-electron chi connectivity index (χ1n) is 10.0. The van der Waals surface area contributed by atoms with Crippen molar-refractivity contribution < 1.29 is 19.5 Å². The van der Waals surface area contributed by atoms with Gasteiger partial charge in [0, 0.05) is 38.0 Å². The second-order valence-corrected chi connectivity index (χ2v) is 8.85. The first-order valence-corrected chi connectivity index (χ1v) is 10.4. The van der Waals surface area contributed by atoms with Gasteiger partial charge < -0.3 is 20.2 Å². The van der Waals surface area contributed by atoms with E-state index in [1.165, 1.54) is 11.8 Å². The Morgan fingerprint density at radius 3 is 2.38 bits per heavy atom. The summed E-state index contributed by atoms with van der Waals surface area (Å²) in [6.45, 7) is 7.07. The van der Waals surface area contributed by atoms with Gasteiger partial charge in [0.25, 0.3) is 5.91 Å². The summed E-state index contributed by atoms with van der Waals surface area (Å²) in [7, 11) is 0. The molecule has 0 unspecified atom stereocenters. The lowest BCUT2D eigenvalue weighted by atomic mass is 9.91. The fourth-order valence-electron chi connectivity index (χ4n) is 4.43. The van der Waals surface area contributed by atoms with Crippen molar-refractivity contribution in [3.8, 4) is 0 Å². The lowest BCUT2D eigenvalue weighted by Crippen LogP contribution is -2.44. The van der Waals surface area contributed by atoms with E-state index in [0.717, 1.165) is 6.42 Å². The molecule has 2 aliphatic rings. The number of nitrogens with one attached hydrogen (secondary N) is 1. The Labute approximate surface area is 176 Å². The van der Waals surface area contributed by atoms with Crippen molar-refractivity contribution in [1.29, 1.82) is 0 Å². The summed E-state index contributed by atoms with van der Waals surface area (Å²) >= 11 is 6.14. The van der Waals surface area contributed by atoms with Gasteiger partial charge in [-0.1, -0.05) is 25.4 Å². The number of hydrogen-bond acceptors (Lipinski definition) is 4. The van der Waals surface area contributed by atoms with Crippen LogP contribution in [0.4, 0.5) is 5.69 Å². The second-order valence-electron chi connectivity index (χ2n) is 8.41. The third kappa shape index (κ3) is 4.90. The number of piperidine rings is 1. The molecule has 4 atom stereocenters. The number of carbonyl (C=O) groups is 3. The van der Waals surface area contributed by atoms with E-state index in [2.05, 4.69) is 19.2 Å². The van der Waals surface area contributed by atoms with Crippen molar-refractivity contribution >= 4 is 35.0 Å². The topological polar surface area (TPSA) is 90.0 Å². The van der Waals surface area contributed by atoms with Crippen LogP contribution in [-0.4, -0.2) is 64.4 Å². The summed E-state index contributed by atoms with van der Waals surface area (Å²) in [5.41, 5.74) is 0.695. The number of anilines is 1. The molecule has 29 heavy (non-hydrogen) atoms. The number of aliphatic hydroxyl groups excluding tert-OH is 1. The van der Waals surface area contributed by atoms with E-state index in [0.29, 0.717) is 41.2 Å². The zero-order chi connectivity index (χ0) is 21.3. The Morgan fingerprint density at radius 1 is 1.10 bits per heavy atom. The Morgan fingerprint density at radius 2 is 1.76 bits per heavy atom. The van der Waals surface area contributed by atoms with Gasteiger partial charge >= 0.3 is 0 Å². The maximum absolute atomic E-state index is 13.2. The third-order valence-corrected chi connectivity index (χ3v) is 5.85. The molecule has 8 heteroatoms. The first-order chi connectivity index (χ1) is 13.7. The maximum atomic E-state index is 13.2. The summed E-state index contributed by atoms with van der Waals surface area (Å²) in [6, 6.07) is 4.02. The van der Waals surface area contributed by atoms with E-state index < -0.39 is 18.1 Å². The number of likely N-dealkylation sites (tertiary alicyclic amines) is 2.